The van der Waals surface area contributed by atoms with Gasteiger partial charge in [0.25, 0.3) is 5.91 Å². The van der Waals surface area contributed by atoms with E-state index in [0.717, 1.165) is 22.6 Å². The number of pyridine rings is 1. The van der Waals surface area contributed by atoms with Gasteiger partial charge in [-0.05, 0) is 43.7 Å². The Hall–Kier alpha value is -3.68. The molecule has 0 radical (unpaired) electrons. The first-order chi connectivity index (χ1) is 14.3. The zero-order valence-electron chi connectivity index (χ0n) is 17.5. The van der Waals surface area contributed by atoms with Crippen molar-refractivity contribution in [3.63, 3.8) is 0 Å². The molecule has 0 bridgehead atoms. The van der Waals surface area contributed by atoms with Crippen LogP contribution in [-0.2, 0) is 11.3 Å². The van der Waals surface area contributed by atoms with E-state index in [1.54, 1.807) is 31.3 Å². The van der Waals surface area contributed by atoms with Crippen LogP contribution < -0.4 is 10.2 Å². The van der Waals surface area contributed by atoms with Gasteiger partial charge >= 0.3 is 0 Å². The lowest BCUT2D eigenvalue weighted by Gasteiger charge is -2.26. The summed E-state index contributed by atoms with van der Waals surface area (Å²) in [5, 5.41) is 7.50. The first-order valence-corrected chi connectivity index (χ1v) is 9.72. The van der Waals surface area contributed by atoms with Crippen molar-refractivity contribution in [3.05, 3.63) is 65.1 Å². The minimum atomic E-state index is -0.159. The summed E-state index contributed by atoms with van der Waals surface area (Å²) in [7, 11) is 3.44. The molecule has 1 aliphatic rings. The molecule has 30 heavy (non-hydrogen) atoms. The van der Waals surface area contributed by atoms with E-state index < -0.39 is 0 Å². The third-order valence-electron chi connectivity index (χ3n) is 5.19. The van der Waals surface area contributed by atoms with Crippen molar-refractivity contribution in [1.82, 2.24) is 19.7 Å². The molecule has 2 aromatic heterocycles. The van der Waals surface area contributed by atoms with E-state index in [1.165, 1.54) is 4.90 Å². The molecule has 2 amide bonds. The standard InChI is InChI=1S/C22H24N6O2/c1-14-8-15(2)28(25-14)18-7-5-6-16(9-18)13-26(3)22(30)17-10-19-21(23-11-17)24-12-20(29)27(19)4/h5-11H,12-13H2,1-4H3,(H,23,24). The van der Waals surface area contributed by atoms with Crippen LogP contribution in [0.4, 0.5) is 11.5 Å². The van der Waals surface area contributed by atoms with Gasteiger partial charge in [0.1, 0.15) is 5.82 Å². The quantitative estimate of drug-likeness (QED) is 0.723. The zero-order valence-corrected chi connectivity index (χ0v) is 17.5. The Labute approximate surface area is 175 Å². The Morgan fingerprint density at radius 1 is 1.23 bits per heavy atom. The zero-order chi connectivity index (χ0) is 21.4. The van der Waals surface area contributed by atoms with Crippen LogP contribution in [0, 0.1) is 13.8 Å². The molecular formula is C22H24N6O2. The summed E-state index contributed by atoms with van der Waals surface area (Å²) in [6.07, 6.45) is 1.54. The Kier molecular flexibility index (Phi) is 4.99. The monoisotopic (exact) mass is 404 g/mol. The highest BCUT2D eigenvalue weighted by Crippen LogP contribution is 2.27. The van der Waals surface area contributed by atoms with Gasteiger partial charge in [0, 0.05) is 32.5 Å². The number of hydrogen-bond donors (Lipinski definition) is 1. The number of amides is 2. The van der Waals surface area contributed by atoms with E-state index in [2.05, 4.69) is 15.4 Å². The fourth-order valence-electron chi connectivity index (χ4n) is 3.62. The van der Waals surface area contributed by atoms with Gasteiger partial charge < -0.3 is 15.1 Å². The third-order valence-corrected chi connectivity index (χ3v) is 5.19. The van der Waals surface area contributed by atoms with Crippen molar-refractivity contribution < 1.29 is 9.59 Å². The Morgan fingerprint density at radius 2 is 2.03 bits per heavy atom. The van der Waals surface area contributed by atoms with Gasteiger partial charge in [0.2, 0.25) is 5.91 Å². The third kappa shape index (κ3) is 3.63. The maximum atomic E-state index is 13.0. The highest BCUT2D eigenvalue weighted by molar-refractivity contribution is 6.03. The number of likely N-dealkylation sites (N-methyl/N-ethyl adjacent to an activating group) is 1. The fourth-order valence-corrected chi connectivity index (χ4v) is 3.62. The number of fused-ring (bicyclic) bond motifs is 1. The van der Waals surface area contributed by atoms with Crippen molar-refractivity contribution in [2.45, 2.75) is 20.4 Å². The van der Waals surface area contributed by atoms with Crippen LogP contribution >= 0.6 is 0 Å². The lowest BCUT2D eigenvalue weighted by atomic mass is 10.1. The Morgan fingerprint density at radius 3 is 2.77 bits per heavy atom. The van der Waals surface area contributed by atoms with Crippen molar-refractivity contribution in [1.29, 1.82) is 0 Å². The number of carbonyl (C=O) groups is 2. The van der Waals surface area contributed by atoms with Crippen molar-refractivity contribution >= 4 is 23.3 Å². The molecule has 0 aliphatic carbocycles. The average Bonchev–Trinajstić information content (AvgIpc) is 3.08. The highest BCUT2D eigenvalue weighted by Gasteiger charge is 2.23. The van der Waals surface area contributed by atoms with Gasteiger partial charge in [0.05, 0.1) is 29.2 Å². The van der Waals surface area contributed by atoms with E-state index in [-0.39, 0.29) is 18.4 Å². The van der Waals surface area contributed by atoms with Crippen molar-refractivity contribution in [3.8, 4) is 5.69 Å². The molecule has 4 rings (SSSR count). The summed E-state index contributed by atoms with van der Waals surface area (Å²) in [4.78, 5) is 32.4. The Bertz CT molecular complexity index is 1140. The molecule has 0 unspecified atom stereocenters. The van der Waals surface area contributed by atoms with Gasteiger partial charge in [-0.2, -0.15) is 5.10 Å². The second-order valence-electron chi connectivity index (χ2n) is 7.57. The van der Waals surface area contributed by atoms with Gasteiger partial charge in [-0.3, -0.25) is 9.59 Å². The first-order valence-electron chi connectivity index (χ1n) is 9.72. The average molecular weight is 404 g/mol. The number of nitrogens with zero attached hydrogens (tertiary/aromatic N) is 5. The largest absolute Gasteiger partial charge is 0.359 e. The lowest BCUT2D eigenvalue weighted by Crippen LogP contribution is -2.37. The van der Waals surface area contributed by atoms with Crippen LogP contribution in [0.3, 0.4) is 0 Å². The van der Waals surface area contributed by atoms with Crippen LogP contribution in [0.15, 0.2) is 42.6 Å². The molecule has 8 heteroatoms. The molecule has 3 heterocycles. The maximum absolute atomic E-state index is 13.0. The highest BCUT2D eigenvalue weighted by atomic mass is 16.2. The number of anilines is 2. The van der Waals surface area contributed by atoms with Crippen LogP contribution in [0.5, 0.6) is 0 Å². The van der Waals surface area contributed by atoms with E-state index >= 15 is 0 Å². The molecule has 1 aromatic carbocycles. The van der Waals surface area contributed by atoms with Crippen LogP contribution in [0.2, 0.25) is 0 Å². The first kappa shape index (κ1) is 19.6. The SMILES string of the molecule is Cc1cc(C)n(-c2cccc(CN(C)C(=O)c3cnc4c(c3)N(C)C(=O)CN4)c2)n1. The fraction of sp³-hybridized carbons (Fsp3) is 0.273. The van der Waals surface area contributed by atoms with Crippen LogP contribution in [-0.4, -0.2) is 52.1 Å². The second kappa shape index (κ2) is 7.62. The summed E-state index contributed by atoms with van der Waals surface area (Å²) in [5.41, 5.74) is 5.02. The minimum absolute atomic E-state index is 0.0665. The van der Waals surface area contributed by atoms with Gasteiger partial charge in [0.15, 0.2) is 0 Å². The van der Waals surface area contributed by atoms with Gasteiger partial charge in [-0.15, -0.1) is 0 Å². The van der Waals surface area contributed by atoms with Gasteiger partial charge in [-0.25, -0.2) is 9.67 Å². The van der Waals surface area contributed by atoms with Crippen LogP contribution in [0.1, 0.15) is 27.3 Å². The number of hydrogen-bond acceptors (Lipinski definition) is 5. The normalized spacial score (nSPS) is 13.1. The summed E-state index contributed by atoms with van der Waals surface area (Å²) < 4.78 is 1.90. The summed E-state index contributed by atoms with van der Waals surface area (Å²) >= 11 is 0. The molecule has 1 N–H and O–H groups in total. The lowest BCUT2D eigenvalue weighted by molar-refractivity contribution is -0.116. The predicted molar refractivity (Wildman–Crippen MR) is 115 cm³/mol. The molecule has 0 spiro atoms. The van der Waals surface area contributed by atoms with E-state index in [9.17, 15) is 9.59 Å². The molecule has 0 saturated heterocycles. The molecule has 0 fully saturated rings. The second-order valence-corrected chi connectivity index (χ2v) is 7.57. The number of carbonyl (C=O) groups excluding carboxylic acids is 2. The van der Waals surface area contributed by atoms with E-state index in [1.807, 2.05) is 48.9 Å². The number of rotatable bonds is 4. The summed E-state index contributed by atoms with van der Waals surface area (Å²) in [6, 6.07) is 11.7. The summed E-state index contributed by atoms with van der Waals surface area (Å²) in [6.45, 7) is 4.63. The number of nitrogens with one attached hydrogen (secondary N) is 1. The number of benzene rings is 1. The summed E-state index contributed by atoms with van der Waals surface area (Å²) in [5.74, 6) is 0.380. The van der Waals surface area contributed by atoms with E-state index in [0.29, 0.717) is 23.6 Å². The van der Waals surface area contributed by atoms with Gasteiger partial charge in [-0.1, -0.05) is 12.1 Å². The molecule has 154 valence electrons. The number of aryl methyl sites for hydroxylation is 2. The molecule has 0 saturated carbocycles. The smallest absolute Gasteiger partial charge is 0.255 e. The van der Waals surface area contributed by atoms with E-state index in [4.69, 9.17) is 0 Å². The maximum Gasteiger partial charge on any atom is 0.255 e. The Balaban J connectivity index is 1.54. The van der Waals surface area contributed by atoms with Crippen LogP contribution in [0.25, 0.3) is 5.69 Å². The predicted octanol–water partition coefficient (Wildman–Crippen LogP) is 2.54. The molecule has 1 aliphatic heterocycles. The topological polar surface area (TPSA) is 83.4 Å². The molecule has 0 atom stereocenters. The number of aromatic nitrogens is 3. The molecule has 3 aromatic rings. The molecular weight excluding hydrogens is 380 g/mol. The van der Waals surface area contributed by atoms with Crippen molar-refractivity contribution in [2.75, 3.05) is 30.9 Å². The van der Waals surface area contributed by atoms with Crippen molar-refractivity contribution in [2.24, 2.45) is 0 Å². The molecule has 8 nitrogen and oxygen atoms in total. The minimum Gasteiger partial charge on any atom is -0.359 e.